The molecule has 21 heavy (non-hydrogen) atoms. The lowest BCUT2D eigenvalue weighted by Crippen LogP contribution is -2.35. The quantitative estimate of drug-likeness (QED) is 0.774. The van der Waals surface area contributed by atoms with E-state index in [1.807, 2.05) is 0 Å². The lowest BCUT2D eigenvalue weighted by molar-refractivity contribution is 0.186. The molecule has 1 aliphatic rings. The van der Waals surface area contributed by atoms with Crippen molar-refractivity contribution in [3.8, 4) is 0 Å². The maximum absolute atomic E-state index is 2.67. The molecule has 1 heterocycles. The molecule has 1 aliphatic heterocycles. The maximum atomic E-state index is 2.67. The summed E-state index contributed by atoms with van der Waals surface area (Å²) in [7, 11) is 0. The molecule has 3 rings (SSSR count). The molecule has 2 aromatic carbocycles. The lowest BCUT2D eigenvalue weighted by Gasteiger charge is -2.36. The fraction of sp³-hybridized carbons (Fsp3) is 0.400. The van der Waals surface area contributed by atoms with Gasteiger partial charge in [-0.1, -0.05) is 55.0 Å². The van der Waals surface area contributed by atoms with Crippen LogP contribution in [0.1, 0.15) is 47.6 Å². The van der Waals surface area contributed by atoms with Gasteiger partial charge in [0.25, 0.3) is 0 Å². The molecule has 0 saturated carbocycles. The average molecular weight is 279 g/mol. The van der Waals surface area contributed by atoms with E-state index in [1.165, 1.54) is 54.6 Å². The second-order valence-corrected chi connectivity index (χ2v) is 6.21. The summed E-state index contributed by atoms with van der Waals surface area (Å²) < 4.78 is 0. The number of hydrogen-bond donors (Lipinski definition) is 0. The van der Waals surface area contributed by atoms with Crippen LogP contribution >= 0.6 is 0 Å². The first-order chi connectivity index (χ1) is 10.3. The highest BCUT2D eigenvalue weighted by molar-refractivity contribution is 5.40. The first-order valence-corrected chi connectivity index (χ1v) is 8.12. The smallest absolute Gasteiger partial charge is 0.0606 e. The zero-order chi connectivity index (χ0) is 14.7. The number of piperidine rings is 1. The molecule has 0 unspecified atom stereocenters. The second kappa shape index (κ2) is 6.44. The third-order valence-corrected chi connectivity index (χ3v) is 4.72. The van der Waals surface area contributed by atoms with Crippen molar-refractivity contribution in [2.45, 2.75) is 39.2 Å². The Morgan fingerprint density at radius 3 is 1.67 bits per heavy atom. The van der Waals surface area contributed by atoms with Gasteiger partial charge < -0.3 is 0 Å². The minimum absolute atomic E-state index is 0.410. The predicted molar refractivity (Wildman–Crippen MR) is 89.6 cm³/mol. The average Bonchev–Trinajstić information content (AvgIpc) is 2.52. The number of likely N-dealkylation sites (tertiary alicyclic amines) is 1. The van der Waals surface area contributed by atoms with E-state index in [9.17, 15) is 0 Å². The summed E-state index contributed by atoms with van der Waals surface area (Å²) in [6, 6.07) is 18.1. The third kappa shape index (κ3) is 3.03. The fourth-order valence-corrected chi connectivity index (χ4v) is 3.52. The monoisotopic (exact) mass is 279 g/mol. The number of nitrogens with zero attached hydrogens (tertiary/aromatic N) is 1. The lowest BCUT2D eigenvalue weighted by atomic mass is 9.90. The summed E-state index contributed by atoms with van der Waals surface area (Å²) in [6.07, 6.45) is 4.04. The van der Waals surface area contributed by atoms with Crippen LogP contribution in [0.3, 0.4) is 0 Å². The normalized spacial score (nSPS) is 16.3. The van der Waals surface area contributed by atoms with Gasteiger partial charge in [0, 0.05) is 0 Å². The molecule has 1 nitrogen and oxygen atoms in total. The maximum Gasteiger partial charge on any atom is 0.0606 e. The van der Waals surface area contributed by atoms with Crippen LogP contribution in [-0.2, 0) is 0 Å². The molecule has 2 aromatic rings. The van der Waals surface area contributed by atoms with Gasteiger partial charge in [-0.2, -0.15) is 0 Å². The van der Waals surface area contributed by atoms with Crippen molar-refractivity contribution < 1.29 is 0 Å². The van der Waals surface area contributed by atoms with Crippen molar-refractivity contribution in [2.75, 3.05) is 13.1 Å². The molecule has 0 bridgehead atoms. The van der Waals surface area contributed by atoms with E-state index in [-0.39, 0.29) is 0 Å². The molecule has 1 heteroatoms. The molecule has 1 fully saturated rings. The molecule has 110 valence electrons. The Hall–Kier alpha value is -1.60. The minimum atomic E-state index is 0.410. The standard InChI is InChI=1S/C20H25N/c1-16-10-4-6-12-18(16)20(21-14-8-3-9-15-21)19-13-7-5-11-17(19)2/h4-7,10-13,20H,3,8-9,14-15H2,1-2H3. The van der Waals surface area contributed by atoms with Crippen LogP contribution in [0, 0.1) is 13.8 Å². The van der Waals surface area contributed by atoms with Crippen molar-refractivity contribution in [1.82, 2.24) is 4.90 Å². The minimum Gasteiger partial charge on any atom is -0.292 e. The van der Waals surface area contributed by atoms with Crippen LogP contribution < -0.4 is 0 Å². The Balaban J connectivity index is 2.07. The van der Waals surface area contributed by atoms with E-state index in [0.717, 1.165) is 0 Å². The molecule has 0 aliphatic carbocycles. The van der Waals surface area contributed by atoms with E-state index in [2.05, 4.69) is 67.3 Å². The van der Waals surface area contributed by atoms with Gasteiger partial charge in [0.2, 0.25) is 0 Å². The van der Waals surface area contributed by atoms with E-state index in [0.29, 0.717) is 6.04 Å². The molecule has 0 aromatic heterocycles. The Morgan fingerprint density at radius 2 is 1.19 bits per heavy atom. The van der Waals surface area contributed by atoms with E-state index >= 15 is 0 Å². The van der Waals surface area contributed by atoms with Crippen LogP contribution in [0.5, 0.6) is 0 Å². The predicted octanol–water partition coefficient (Wildman–Crippen LogP) is 4.88. The zero-order valence-corrected chi connectivity index (χ0v) is 13.2. The molecule has 1 saturated heterocycles. The molecule has 0 amide bonds. The second-order valence-electron chi connectivity index (χ2n) is 6.21. The van der Waals surface area contributed by atoms with Gasteiger partial charge in [-0.05, 0) is 62.0 Å². The fourth-order valence-electron chi connectivity index (χ4n) is 3.52. The van der Waals surface area contributed by atoms with Crippen LogP contribution in [0.25, 0.3) is 0 Å². The van der Waals surface area contributed by atoms with Crippen molar-refractivity contribution in [1.29, 1.82) is 0 Å². The molecule has 0 N–H and O–H groups in total. The number of benzene rings is 2. The van der Waals surface area contributed by atoms with Crippen LogP contribution in [-0.4, -0.2) is 18.0 Å². The largest absolute Gasteiger partial charge is 0.292 e. The number of rotatable bonds is 3. The van der Waals surface area contributed by atoms with Crippen LogP contribution in [0.2, 0.25) is 0 Å². The van der Waals surface area contributed by atoms with E-state index in [4.69, 9.17) is 0 Å². The SMILES string of the molecule is Cc1ccccc1C(c1ccccc1C)N1CCCCC1. The zero-order valence-electron chi connectivity index (χ0n) is 13.2. The molecular formula is C20H25N. The molecular weight excluding hydrogens is 254 g/mol. The summed E-state index contributed by atoms with van der Waals surface area (Å²) in [5.41, 5.74) is 5.73. The van der Waals surface area contributed by atoms with Gasteiger partial charge >= 0.3 is 0 Å². The Labute approximate surface area is 128 Å². The molecule has 0 radical (unpaired) electrons. The molecule has 0 spiro atoms. The van der Waals surface area contributed by atoms with Crippen LogP contribution in [0.15, 0.2) is 48.5 Å². The van der Waals surface area contributed by atoms with Gasteiger partial charge in [0.15, 0.2) is 0 Å². The Kier molecular flexibility index (Phi) is 4.40. The topological polar surface area (TPSA) is 3.24 Å². The van der Waals surface area contributed by atoms with Gasteiger partial charge in [-0.25, -0.2) is 0 Å². The summed E-state index contributed by atoms with van der Waals surface area (Å²) >= 11 is 0. The Bertz CT molecular complexity index is 551. The highest BCUT2D eigenvalue weighted by atomic mass is 15.2. The van der Waals surface area contributed by atoms with Crippen LogP contribution in [0.4, 0.5) is 0 Å². The van der Waals surface area contributed by atoms with Crippen molar-refractivity contribution in [2.24, 2.45) is 0 Å². The van der Waals surface area contributed by atoms with Gasteiger partial charge in [-0.15, -0.1) is 0 Å². The summed E-state index contributed by atoms with van der Waals surface area (Å²) in [4.78, 5) is 2.67. The van der Waals surface area contributed by atoms with E-state index in [1.54, 1.807) is 0 Å². The summed E-state index contributed by atoms with van der Waals surface area (Å²) in [5.74, 6) is 0. The highest BCUT2D eigenvalue weighted by Gasteiger charge is 2.25. The number of aryl methyl sites for hydroxylation is 2. The van der Waals surface area contributed by atoms with Crippen molar-refractivity contribution >= 4 is 0 Å². The van der Waals surface area contributed by atoms with Gasteiger partial charge in [-0.3, -0.25) is 4.90 Å². The van der Waals surface area contributed by atoms with Gasteiger partial charge in [0.05, 0.1) is 6.04 Å². The van der Waals surface area contributed by atoms with Gasteiger partial charge in [0.1, 0.15) is 0 Å². The first kappa shape index (κ1) is 14.3. The van der Waals surface area contributed by atoms with Crippen molar-refractivity contribution in [3.63, 3.8) is 0 Å². The van der Waals surface area contributed by atoms with Crippen molar-refractivity contribution in [3.05, 3.63) is 70.8 Å². The summed E-state index contributed by atoms with van der Waals surface area (Å²) in [6.45, 7) is 6.91. The third-order valence-electron chi connectivity index (χ3n) is 4.72. The Morgan fingerprint density at radius 1 is 0.714 bits per heavy atom. The first-order valence-electron chi connectivity index (χ1n) is 8.12. The highest BCUT2D eigenvalue weighted by Crippen LogP contribution is 2.34. The molecule has 0 atom stereocenters. The van der Waals surface area contributed by atoms with E-state index < -0.39 is 0 Å². The number of hydrogen-bond acceptors (Lipinski definition) is 1. The summed E-state index contributed by atoms with van der Waals surface area (Å²) in [5, 5.41) is 0.